The van der Waals surface area contributed by atoms with Gasteiger partial charge in [0.1, 0.15) is 0 Å². The van der Waals surface area contributed by atoms with E-state index in [1.54, 1.807) is 0 Å². The Labute approximate surface area is 102 Å². The molecular formula is C14H30N2. The van der Waals surface area contributed by atoms with Crippen LogP contribution in [0.5, 0.6) is 0 Å². The Balaban J connectivity index is 2.21. The van der Waals surface area contributed by atoms with Crippen molar-refractivity contribution in [2.75, 3.05) is 26.2 Å². The molecule has 1 atom stereocenters. The van der Waals surface area contributed by atoms with Crippen molar-refractivity contribution in [1.29, 1.82) is 0 Å². The molecule has 0 amide bonds. The lowest BCUT2D eigenvalue weighted by Crippen LogP contribution is -2.35. The fourth-order valence-corrected chi connectivity index (χ4v) is 2.14. The lowest BCUT2D eigenvalue weighted by molar-refractivity contribution is 0.214. The number of nitrogens with zero attached hydrogens (tertiary/aromatic N) is 1. The van der Waals surface area contributed by atoms with Gasteiger partial charge in [0, 0.05) is 12.6 Å². The molecule has 0 saturated heterocycles. The van der Waals surface area contributed by atoms with Gasteiger partial charge in [-0.05, 0) is 50.7 Å². The van der Waals surface area contributed by atoms with Crippen LogP contribution in [0.2, 0.25) is 0 Å². The Morgan fingerprint density at radius 2 is 1.94 bits per heavy atom. The Kier molecular flexibility index (Phi) is 6.37. The summed E-state index contributed by atoms with van der Waals surface area (Å²) in [6, 6.07) is 0.919. The average Bonchev–Trinajstić information content (AvgIpc) is 3.04. The van der Waals surface area contributed by atoms with Crippen molar-refractivity contribution in [2.24, 2.45) is 11.8 Å². The van der Waals surface area contributed by atoms with Crippen LogP contribution in [-0.4, -0.2) is 37.1 Å². The van der Waals surface area contributed by atoms with Crippen LogP contribution in [0.4, 0.5) is 0 Å². The molecule has 0 aliphatic heterocycles. The third-order valence-electron chi connectivity index (χ3n) is 3.35. The van der Waals surface area contributed by atoms with Gasteiger partial charge in [0.25, 0.3) is 0 Å². The molecule has 16 heavy (non-hydrogen) atoms. The molecule has 0 bridgehead atoms. The predicted molar refractivity (Wildman–Crippen MR) is 71.8 cm³/mol. The van der Waals surface area contributed by atoms with Crippen molar-refractivity contribution in [3.8, 4) is 0 Å². The van der Waals surface area contributed by atoms with Crippen LogP contribution in [0.1, 0.15) is 47.0 Å². The first kappa shape index (κ1) is 14.0. The monoisotopic (exact) mass is 226 g/mol. The molecule has 2 nitrogen and oxygen atoms in total. The maximum atomic E-state index is 3.45. The predicted octanol–water partition coefficient (Wildman–Crippen LogP) is 2.74. The molecule has 2 heteroatoms. The highest BCUT2D eigenvalue weighted by Gasteiger charge is 2.29. The largest absolute Gasteiger partial charge is 0.317 e. The maximum Gasteiger partial charge on any atom is 0.00965 e. The molecule has 1 unspecified atom stereocenters. The van der Waals surface area contributed by atoms with Crippen LogP contribution in [0, 0.1) is 11.8 Å². The molecule has 0 heterocycles. The first-order chi connectivity index (χ1) is 7.63. The summed E-state index contributed by atoms with van der Waals surface area (Å²) in [5, 5.41) is 3.45. The van der Waals surface area contributed by atoms with E-state index in [4.69, 9.17) is 0 Å². The van der Waals surface area contributed by atoms with Gasteiger partial charge in [0.2, 0.25) is 0 Å². The number of hydrogen-bond acceptors (Lipinski definition) is 2. The van der Waals surface area contributed by atoms with E-state index in [1.807, 2.05) is 0 Å². The van der Waals surface area contributed by atoms with Gasteiger partial charge in [-0.15, -0.1) is 0 Å². The molecule has 0 aromatic heterocycles. The van der Waals surface area contributed by atoms with Crippen LogP contribution in [0.25, 0.3) is 0 Å². The molecule has 0 radical (unpaired) electrons. The highest BCUT2D eigenvalue weighted by molar-refractivity contribution is 4.85. The van der Waals surface area contributed by atoms with Gasteiger partial charge in [0.05, 0.1) is 0 Å². The molecule has 96 valence electrons. The summed E-state index contributed by atoms with van der Waals surface area (Å²) in [6.45, 7) is 14.1. The van der Waals surface area contributed by atoms with E-state index < -0.39 is 0 Å². The summed E-state index contributed by atoms with van der Waals surface area (Å²) < 4.78 is 0. The SMILES string of the molecule is CCNCC(C)CN(CCC(C)C)C1CC1. The van der Waals surface area contributed by atoms with Crippen LogP contribution >= 0.6 is 0 Å². The van der Waals surface area contributed by atoms with E-state index in [0.717, 1.165) is 24.4 Å². The highest BCUT2D eigenvalue weighted by atomic mass is 15.2. The van der Waals surface area contributed by atoms with E-state index in [9.17, 15) is 0 Å². The van der Waals surface area contributed by atoms with E-state index in [2.05, 4.69) is 37.9 Å². The zero-order chi connectivity index (χ0) is 12.0. The summed E-state index contributed by atoms with van der Waals surface area (Å²) >= 11 is 0. The summed E-state index contributed by atoms with van der Waals surface area (Å²) in [6.07, 6.45) is 4.22. The van der Waals surface area contributed by atoms with Crippen molar-refractivity contribution in [2.45, 2.75) is 53.0 Å². The Morgan fingerprint density at radius 1 is 1.25 bits per heavy atom. The van der Waals surface area contributed by atoms with Crippen LogP contribution in [-0.2, 0) is 0 Å². The maximum absolute atomic E-state index is 3.45. The summed E-state index contributed by atoms with van der Waals surface area (Å²) in [7, 11) is 0. The molecule has 1 rings (SSSR count). The lowest BCUT2D eigenvalue weighted by Gasteiger charge is -2.26. The zero-order valence-corrected chi connectivity index (χ0v) is 11.6. The van der Waals surface area contributed by atoms with E-state index in [1.165, 1.54) is 38.9 Å². The van der Waals surface area contributed by atoms with Crippen molar-refractivity contribution >= 4 is 0 Å². The molecule has 1 saturated carbocycles. The first-order valence-electron chi connectivity index (χ1n) is 7.08. The van der Waals surface area contributed by atoms with Crippen molar-refractivity contribution in [3.63, 3.8) is 0 Å². The summed E-state index contributed by atoms with van der Waals surface area (Å²) in [5.41, 5.74) is 0. The number of hydrogen-bond donors (Lipinski definition) is 1. The van der Waals surface area contributed by atoms with Gasteiger partial charge in [-0.2, -0.15) is 0 Å². The molecule has 1 fully saturated rings. The summed E-state index contributed by atoms with van der Waals surface area (Å²) in [5.74, 6) is 1.62. The molecule has 0 spiro atoms. The van der Waals surface area contributed by atoms with E-state index in [0.29, 0.717) is 0 Å². The Hall–Kier alpha value is -0.0800. The standard InChI is InChI=1S/C14H30N2/c1-5-15-10-13(4)11-16(14-6-7-14)9-8-12(2)3/h12-15H,5-11H2,1-4H3. The van der Waals surface area contributed by atoms with Gasteiger partial charge in [-0.25, -0.2) is 0 Å². The second-order valence-electron chi connectivity index (χ2n) is 5.82. The third-order valence-corrected chi connectivity index (χ3v) is 3.35. The lowest BCUT2D eigenvalue weighted by atomic mass is 10.1. The fraction of sp³-hybridized carbons (Fsp3) is 1.00. The molecule has 1 N–H and O–H groups in total. The molecule has 0 aromatic rings. The van der Waals surface area contributed by atoms with Crippen LogP contribution in [0.3, 0.4) is 0 Å². The van der Waals surface area contributed by atoms with Crippen molar-refractivity contribution in [1.82, 2.24) is 10.2 Å². The minimum atomic E-state index is 0.785. The van der Waals surface area contributed by atoms with Crippen LogP contribution in [0.15, 0.2) is 0 Å². The molecule has 1 aliphatic carbocycles. The molecule has 0 aromatic carbocycles. The molecular weight excluding hydrogens is 196 g/mol. The zero-order valence-electron chi connectivity index (χ0n) is 11.6. The third kappa shape index (κ3) is 5.86. The van der Waals surface area contributed by atoms with Gasteiger partial charge >= 0.3 is 0 Å². The van der Waals surface area contributed by atoms with Crippen molar-refractivity contribution in [3.05, 3.63) is 0 Å². The van der Waals surface area contributed by atoms with Gasteiger partial charge in [-0.3, -0.25) is 0 Å². The van der Waals surface area contributed by atoms with E-state index in [-0.39, 0.29) is 0 Å². The van der Waals surface area contributed by atoms with Crippen LogP contribution < -0.4 is 5.32 Å². The summed E-state index contributed by atoms with van der Waals surface area (Å²) in [4.78, 5) is 2.72. The quantitative estimate of drug-likeness (QED) is 0.650. The van der Waals surface area contributed by atoms with Crippen molar-refractivity contribution < 1.29 is 0 Å². The van der Waals surface area contributed by atoms with Gasteiger partial charge in [-0.1, -0.05) is 27.7 Å². The topological polar surface area (TPSA) is 15.3 Å². The van der Waals surface area contributed by atoms with Gasteiger partial charge < -0.3 is 10.2 Å². The normalized spacial score (nSPS) is 18.4. The second-order valence-corrected chi connectivity index (χ2v) is 5.82. The Morgan fingerprint density at radius 3 is 2.44 bits per heavy atom. The highest BCUT2D eigenvalue weighted by Crippen LogP contribution is 2.28. The van der Waals surface area contributed by atoms with E-state index >= 15 is 0 Å². The second kappa shape index (κ2) is 7.29. The van der Waals surface area contributed by atoms with Gasteiger partial charge in [0.15, 0.2) is 0 Å². The Bertz CT molecular complexity index is 176. The minimum Gasteiger partial charge on any atom is -0.317 e. The fourth-order valence-electron chi connectivity index (χ4n) is 2.14. The minimum absolute atomic E-state index is 0.785. The first-order valence-corrected chi connectivity index (χ1v) is 7.08. The molecule has 1 aliphatic rings. The number of rotatable bonds is 9. The average molecular weight is 226 g/mol. The number of nitrogens with one attached hydrogen (secondary N) is 1. The smallest absolute Gasteiger partial charge is 0.00965 e.